The van der Waals surface area contributed by atoms with Gasteiger partial charge in [0.2, 0.25) is 5.91 Å². The molecule has 0 radical (unpaired) electrons. The number of nitrogens with zero attached hydrogens (tertiary/aromatic N) is 3. The molecule has 0 spiro atoms. The molecule has 0 bridgehead atoms. The maximum absolute atomic E-state index is 12.8. The fraction of sp³-hybridized carbons (Fsp3) is 0.478. The van der Waals surface area contributed by atoms with Crippen LogP contribution in [-0.4, -0.2) is 90.5 Å². The molecule has 0 aromatic heterocycles. The number of methoxy groups -OCH3 is 1. The van der Waals surface area contributed by atoms with Gasteiger partial charge >= 0.3 is 5.97 Å². The molecule has 2 aromatic carbocycles. The summed E-state index contributed by atoms with van der Waals surface area (Å²) in [5.41, 5.74) is 1.36. The highest BCUT2D eigenvalue weighted by Gasteiger charge is 2.30. The molecular formula is C23H29N3O3S. The second-order valence-corrected chi connectivity index (χ2v) is 9.22. The van der Waals surface area contributed by atoms with Crippen LogP contribution < -0.4 is 0 Å². The highest BCUT2D eigenvalue weighted by atomic mass is 32.2. The minimum absolute atomic E-state index is 0.117. The Bertz CT molecular complexity index is 893. The van der Waals surface area contributed by atoms with Gasteiger partial charge in [0.25, 0.3) is 0 Å². The van der Waals surface area contributed by atoms with Crippen molar-refractivity contribution in [2.45, 2.75) is 11.8 Å². The standard InChI is InChI=1S/C23H29N3O3S/c1-29-23(28)21-16-26(13-14-30-21)22(27)17-25-11-9-24(10-12-25)15-19-7-4-6-18-5-2-3-8-20(18)19/h2-8,21H,9-17H2,1H3/t21-/m0/s1. The molecule has 160 valence electrons. The first-order chi connectivity index (χ1) is 14.6. The maximum atomic E-state index is 12.8. The summed E-state index contributed by atoms with van der Waals surface area (Å²) < 4.78 is 4.84. The van der Waals surface area contributed by atoms with Gasteiger partial charge in [0.15, 0.2) is 0 Å². The van der Waals surface area contributed by atoms with Crippen molar-refractivity contribution in [1.29, 1.82) is 0 Å². The van der Waals surface area contributed by atoms with E-state index in [0.717, 1.165) is 38.5 Å². The summed E-state index contributed by atoms with van der Waals surface area (Å²) in [6, 6.07) is 15.0. The van der Waals surface area contributed by atoms with E-state index in [1.807, 2.05) is 4.90 Å². The number of thioether (sulfide) groups is 1. The van der Waals surface area contributed by atoms with Gasteiger partial charge in [-0.15, -0.1) is 11.8 Å². The summed E-state index contributed by atoms with van der Waals surface area (Å²) >= 11 is 1.58. The van der Waals surface area contributed by atoms with E-state index >= 15 is 0 Å². The van der Waals surface area contributed by atoms with E-state index < -0.39 is 0 Å². The number of piperazine rings is 1. The van der Waals surface area contributed by atoms with E-state index in [4.69, 9.17) is 4.74 Å². The highest BCUT2D eigenvalue weighted by molar-refractivity contribution is 8.00. The molecular weight excluding hydrogens is 398 g/mol. The fourth-order valence-electron chi connectivity index (χ4n) is 4.22. The lowest BCUT2D eigenvalue weighted by Gasteiger charge is -2.37. The Hall–Kier alpha value is -2.09. The van der Waals surface area contributed by atoms with Gasteiger partial charge < -0.3 is 9.64 Å². The molecule has 30 heavy (non-hydrogen) atoms. The predicted molar refractivity (Wildman–Crippen MR) is 121 cm³/mol. The topological polar surface area (TPSA) is 53.1 Å². The maximum Gasteiger partial charge on any atom is 0.320 e. The van der Waals surface area contributed by atoms with Crippen LogP contribution in [0.15, 0.2) is 42.5 Å². The molecule has 2 aliphatic heterocycles. The van der Waals surface area contributed by atoms with Crippen LogP contribution in [0.4, 0.5) is 0 Å². The summed E-state index contributed by atoms with van der Waals surface area (Å²) in [7, 11) is 1.40. The summed E-state index contributed by atoms with van der Waals surface area (Å²) in [6.07, 6.45) is 0. The van der Waals surface area contributed by atoms with Gasteiger partial charge in [-0.25, -0.2) is 0 Å². The van der Waals surface area contributed by atoms with Crippen LogP contribution in [0.1, 0.15) is 5.56 Å². The first kappa shape index (κ1) is 21.2. The van der Waals surface area contributed by atoms with Crippen LogP contribution >= 0.6 is 11.8 Å². The molecule has 2 aromatic rings. The third kappa shape index (κ3) is 4.96. The van der Waals surface area contributed by atoms with E-state index in [0.29, 0.717) is 19.6 Å². The van der Waals surface area contributed by atoms with Gasteiger partial charge in [0.05, 0.1) is 13.7 Å². The number of amides is 1. The van der Waals surface area contributed by atoms with Crippen molar-refractivity contribution in [3.63, 3.8) is 0 Å². The largest absolute Gasteiger partial charge is 0.468 e. The van der Waals surface area contributed by atoms with E-state index in [1.165, 1.54) is 23.4 Å². The zero-order chi connectivity index (χ0) is 20.9. The molecule has 0 saturated carbocycles. The Morgan fingerprint density at radius 3 is 2.53 bits per heavy atom. The molecule has 2 fully saturated rings. The molecule has 2 heterocycles. The van der Waals surface area contributed by atoms with Crippen LogP contribution in [0.25, 0.3) is 10.8 Å². The van der Waals surface area contributed by atoms with Crippen LogP contribution in [0.5, 0.6) is 0 Å². The average molecular weight is 428 g/mol. The first-order valence-corrected chi connectivity index (χ1v) is 11.6. The Labute approximate surface area is 182 Å². The molecule has 7 heteroatoms. The molecule has 0 N–H and O–H groups in total. The summed E-state index contributed by atoms with van der Waals surface area (Å²) in [4.78, 5) is 31.1. The highest BCUT2D eigenvalue weighted by Crippen LogP contribution is 2.22. The van der Waals surface area contributed by atoms with Crippen molar-refractivity contribution in [3.05, 3.63) is 48.0 Å². The van der Waals surface area contributed by atoms with Gasteiger partial charge in [-0.1, -0.05) is 42.5 Å². The second-order valence-electron chi connectivity index (χ2n) is 7.91. The number of hydrogen-bond acceptors (Lipinski definition) is 6. The Morgan fingerprint density at radius 1 is 1.00 bits per heavy atom. The number of benzene rings is 2. The normalized spacial score (nSPS) is 21.0. The lowest BCUT2D eigenvalue weighted by atomic mass is 10.0. The number of esters is 1. The van der Waals surface area contributed by atoms with E-state index in [9.17, 15) is 9.59 Å². The van der Waals surface area contributed by atoms with Gasteiger partial charge in [-0.2, -0.15) is 0 Å². The second kappa shape index (κ2) is 9.81. The number of carbonyl (C=O) groups excluding carboxylic acids is 2. The monoisotopic (exact) mass is 427 g/mol. The Kier molecular flexibility index (Phi) is 6.92. The van der Waals surface area contributed by atoms with Crippen molar-refractivity contribution in [1.82, 2.24) is 14.7 Å². The van der Waals surface area contributed by atoms with Crippen molar-refractivity contribution in [2.24, 2.45) is 0 Å². The summed E-state index contributed by atoms with van der Waals surface area (Å²) in [6.45, 7) is 6.22. The van der Waals surface area contributed by atoms with E-state index in [1.54, 1.807) is 11.8 Å². The molecule has 4 rings (SSSR count). The van der Waals surface area contributed by atoms with Crippen molar-refractivity contribution in [2.75, 3.05) is 58.7 Å². The summed E-state index contributed by atoms with van der Waals surface area (Å²) in [5.74, 6) is 0.663. The number of rotatable bonds is 5. The lowest BCUT2D eigenvalue weighted by Crippen LogP contribution is -2.52. The molecule has 2 aliphatic rings. The molecule has 1 atom stereocenters. The van der Waals surface area contributed by atoms with Crippen LogP contribution in [-0.2, 0) is 20.9 Å². The first-order valence-electron chi connectivity index (χ1n) is 10.5. The zero-order valence-corrected chi connectivity index (χ0v) is 18.3. The third-order valence-electron chi connectivity index (χ3n) is 5.98. The van der Waals surface area contributed by atoms with E-state index in [-0.39, 0.29) is 17.1 Å². The molecule has 0 unspecified atom stereocenters. The van der Waals surface area contributed by atoms with Gasteiger partial charge in [-0.3, -0.25) is 19.4 Å². The minimum Gasteiger partial charge on any atom is -0.468 e. The SMILES string of the molecule is COC(=O)[C@@H]1CN(C(=O)CN2CCN(Cc3cccc4ccccc34)CC2)CCS1. The van der Waals surface area contributed by atoms with Gasteiger partial charge in [-0.05, 0) is 16.3 Å². The lowest BCUT2D eigenvalue weighted by molar-refractivity contribution is -0.141. The zero-order valence-electron chi connectivity index (χ0n) is 17.5. The average Bonchev–Trinajstić information content (AvgIpc) is 2.80. The number of hydrogen-bond donors (Lipinski definition) is 0. The molecule has 2 saturated heterocycles. The number of ether oxygens (including phenoxy) is 1. The smallest absolute Gasteiger partial charge is 0.320 e. The fourth-order valence-corrected chi connectivity index (χ4v) is 5.35. The van der Waals surface area contributed by atoms with E-state index in [2.05, 4.69) is 52.3 Å². The van der Waals surface area contributed by atoms with Crippen molar-refractivity contribution < 1.29 is 14.3 Å². The quantitative estimate of drug-likeness (QED) is 0.681. The van der Waals surface area contributed by atoms with Crippen LogP contribution in [0, 0.1) is 0 Å². The Balaban J connectivity index is 1.27. The third-order valence-corrected chi connectivity index (χ3v) is 7.14. The van der Waals surface area contributed by atoms with Crippen LogP contribution in [0.3, 0.4) is 0 Å². The van der Waals surface area contributed by atoms with Gasteiger partial charge in [0, 0.05) is 51.6 Å². The number of fused-ring (bicyclic) bond motifs is 1. The van der Waals surface area contributed by atoms with Crippen molar-refractivity contribution >= 4 is 34.4 Å². The predicted octanol–water partition coefficient (Wildman–Crippen LogP) is 2.07. The Morgan fingerprint density at radius 2 is 1.73 bits per heavy atom. The summed E-state index contributed by atoms with van der Waals surface area (Å²) in [5, 5.41) is 2.34. The number of carbonyl (C=O) groups is 2. The molecule has 6 nitrogen and oxygen atoms in total. The van der Waals surface area contributed by atoms with Crippen LogP contribution in [0.2, 0.25) is 0 Å². The minimum atomic E-state index is -0.259. The van der Waals surface area contributed by atoms with Gasteiger partial charge in [0.1, 0.15) is 5.25 Å². The van der Waals surface area contributed by atoms with Crippen molar-refractivity contribution in [3.8, 4) is 0 Å². The molecule has 1 amide bonds. The molecule has 0 aliphatic carbocycles.